The summed E-state index contributed by atoms with van der Waals surface area (Å²) in [4.78, 5) is 28.1. The van der Waals surface area contributed by atoms with Crippen molar-refractivity contribution in [1.82, 2.24) is 9.78 Å². The third kappa shape index (κ3) is 5.13. The lowest BCUT2D eigenvalue weighted by Gasteiger charge is -2.37. The summed E-state index contributed by atoms with van der Waals surface area (Å²) in [7, 11) is 0. The number of benzene rings is 2. The number of ether oxygens (including phenoxy) is 1. The average molecular weight is 562 g/mol. The van der Waals surface area contributed by atoms with E-state index in [1.54, 1.807) is 17.2 Å². The minimum atomic E-state index is -1.13. The highest BCUT2D eigenvalue weighted by Gasteiger charge is 2.37. The van der Waals surface area contributed by atoms with Gasteiger partial charge in [-0.1, -0.05) is 36.7 Å². The van der Waals surface area contributed by atoms with Gasteiger partial charge in [-0.25, -0.2) is 9.48 Å². The molecular formula is C31H32ClN3O5. The van der Waals surface area contributed by atoms with Gasteiger partial charge in [0, 0.05) is 42.3 Å². The van der Waals surface area contributed by atoms with Gasteiger partial charge in [0.25, 0.3) is 0 Å². The monoisotopic (exact) mass is 561 g/mol. The first-order valence-electron chi connectivity index (χ1n) is 13.9. The predicted molar refractivity (Wildman–Crippen MR) is 153 cm³/mol. The number of amides is 1. The van der Waals surface area contributed by atoms with E-state index in [0.717, 1.165) is 47.8 Å². The standard InChI is InChI=1S/C31H32ClN3O5/c1-19-2-4-21(5-3-19)30(36)35(23-11-13-39-14-12-23)29-26(31(37)38)18-34(33-29)24-8-9-25(27(32)17-24)22-7-6-20-10-15-40-28(20)16-22/h6-10,15-19,21,23H,2-5,11-14H2,1H3,(H,37,38). The summed E-state index contributed by atoms with van der Waals surface area (Å²) in [6.45, 7) is 3.27. The molecule has 1 amide bonds. The van der Waals surface area contributed by atoms with Gasteiger partial charge in [0.05, 0.1) is 17.0 Å². The summed E-state index contributed by atoms with van der Waals surface area (Å²) in [5.41, 5.74) is 3.09. The Kier molecular flexibility index (Phi) is 7.38. The molecule has 208 valence electrons. The molecule has 40 heavy (non-hydrogen) atoms. The summed E-state index contributed by atoms with van der Waals surface area (Å²) >= 11 is 6.73. The molecule has 2 aromatic heterocycles. The average Bonchev–Trinajstić information content (AvgIpc) is 3.61. The normalized spacial score (nSPS) is 20.1. The summed E-state index contributed by atoms with van der Waals surface area (Å²) in [6, 6.07) is 13.1. The van der Waals surface area contributed by atoms with E-state index in [2.05, 4.69) is 6.92 Å². The smallest absolute Gasteiger partial charge is 0.341 e. The van der Waals surface area contributed by atoms with Crippen LogP contribution in [0.25, 0.3) is 27.8 Å². The summed E-state index contributed by atoms with van der Waals surface area (Å²) in [5.74, 6) is -0.508. The number of fused-ring (bicyclic) bond motifs is 1. The topological polar surface area (TPSA) is 97.8 Å². The first kappa shape index (κ1) is 26.6. The Hall–Kier alpha value is -3.62. The number of hydrogen-bond acceptors (Lipinski definition) is 5. The predicted octanol–water partition coefficient (Wildman–Crippen LogP) is 6.98. The van der Waals surface area contributed by atoms with Gasteiger partial charge in [-0.2, -0.15) is 0 Å². The number of furan rings is 1. The van der Waals surface area contributed by atoms with Crippen LogP contribution in [0.3, 0.4) is 0 Å². The van der Waals surface area contributed by atoms with E-state index < -0.39 is 5.97 Å². The fourth-order valence-corrected chi connectivity index (χ4v) is 6.22. The van der Waals surface area contributed by atoms with Gasteiger partial charge in [0.15, 0.2) is 5.82 Å². The van der Waals surface area contributed by atoms with Crippen LogP contribution in [0.5, 0.6) is 0 Å². The van der Waals surface area contributed by atoms with Crippen LogP contribution >= 0.6 is 11.6 Å². The van der Waals surface area contributed by atoms with Crippen molar-refractivity contribution in [1.29, 1.82) is 0 Å². The number of halogens is 1. The molecule has 9 heteroatoms. The van der Waals surface area contributed by atoms with E-state index in [-0.39, 0.29) is 29.2 Å². The van der Waals surface area contributed by atoms with Crippen molar-refractivity contribution in [2.24, 2.45) is 11.8 Å². The van der Waals surface area contributed by atoms with E-state index in [1.165, 1.54) is 10.9 Å². The lowest BCUT2D eigenvalue weighted by atomic mass is 9.82. The van der Waals surface area contributed by atoms with Crippen molar-refractivity contribution in [3.63, 3.8) is 0 Å². The van der Waals surface area contributed by atoms with Gasteiger partial charge in [0.1, 0.15) is 11.1 Å². The highest BCUT2D eigenvalue weighted by molar-refractivity contribution is 6.33. The number of hydrogen-bond donors (Lipinski definition) is 1. The molecule has 0 spiro atoms. The highest BCUT2D eigenvalue weighted by atomic mass is 35.5. The Morgan fingerprint density at radius 2 is 1.80 bits per heavy atom. The van der Waals surface area contributed by atoms with Gasteiger partial charge >= 0.3 is 5.97 Å². The number of rotatable bonds is 6. The van der Waals surface area contributed by atoms with E-state index in [0.29, 0.717) is 42.7 Å². The Morgan fingerprint density at radius 1 is 1.02 bits per heavy atom. The Labute approximate surface area is 237 Å². The van der Waals surface area contributed by atoms with Gasteiger partial charge in [0.2, 0.25) is 5.91 Å². The maximum Gasteiger partial charge on any atom is 0.341 e. The van der Waals surface area contributed by atoms with Crippen LogP contribution in [0.1, 0.15) is 55.8 Å². The molecule has 0 atom stereocenters. The number of carboxylic acid groups (broad SMARTS) is 1. The Bertz CT molecular complexity index is 1550. The molecule has 1 saturated heterocycles. The van der Waals surface area contributed by atoms with Crippen LogP contribution in [0, 0.1) is 11.8 Å². The quantitative estimate of drug-likeness (QED) is 0.273. The number of carboxylic acids is 1. The van der Waals surface area contributed by atoms with Crippen LogP contribution in [-0.2, 0) is 9.53 Å². The second-order valence-corrected chi connectivity index (χ2v) is 11.4. The molecule has 2 aliphatic rings. The van der Waals surface area contributed by atoms with Crippen LogP contribution in [0.15, 0.2) is 59.3 Å². The van der Waals surface area contributed by atoms with Crippen molar-refractivity contribution < 1.29 is 23.8 Å². The van der Waals surface area contributed by atoms with Gasteiger partial charge in [-0.05, 0) is 74.3 Å². The van der Waals surface area contributed by atoms with Crippen LogP contribution < -0.4 is 4.90 Å². The van der Waals surface area contributed by atoms with Crippen LogP contribution in [0.4, 0.5) is 5.82 Å². The summed E-state index contributed by atoms with van der Waals surface area (Å²) in [5, 5.41) is 16.4. The zero-order valence-corrected chi connectivity index (χ0v) is 23.1. The number of carbonyl (C=O) groups excluding carboxylic acids is 1. The minimum absolute atomic E-state index is 0.00695. The van der Waals surface area contributed by atoms with E-state index >= 15 is 0 Å². The third-order valence-corrected chi connectivity index (χ3v) is 8.61. The molecule has 8 nitrogen and oxygen atoms in total. The third-order valence-electron chi connectivity index (χ3n) is 8.30. The molecule has 1 aliphatic heterocycles. The Balaban J connectivity index is 1.36. The molecule has 2 aromatic carbocycles. The first-order chi connectivity index (χ1) is 19.4. The molecule has 0 bridgehead atoms. The zero-order valence-electron chi connectivity index (χ0n) is 22.4. The lowest BCUT2D eigenvalue weighted by Crippen LogP contribution is -2.47. The number of carbonyl (C=O) groups is 2. The molecule has 1 saturated carbocycles. The maximum atomic E-state index is 14.0. The highest BCUT2D eigenvalue weighted by Crippen LogP contribution is 2.36. The van der Waals surface area contributed by atoms with Gasteiger partial charge in [-0.15, -0.1) is 5.10 Å². The van der Waals surface area contributed by atoms with Crippen LogP contribution in [0.2, 0.25) is 5.02 Å². The molecule has 6 rings (SSSR count). The van der Waals surface area contributed by atoms with Gasteiger partial charge in [-0.3, -0.25) is 9.69 Å². The van der Waals surface area contributed by atoms with Crippen molar-refractivity contribution in [3.05, 3.63) is 65.5 Å². The number of aromatic nitrogens is 2. The van der Waals surface area contributed by atoms with E-state index in [1.807, 2.05) is 36.4 Å². The maximum absolute atomic E-state index is 14.0. The van der Waals surface area contributed by atoms with Crippen molar-refractivity contribution >= 4 is 40.3 Å². The molecule has 0 radical (unpaired) electrons. The molecule has 1 aliphatic carbocycles. The second kappa shape index (κ2) is 11.1. The Morgan fingerprint density at radius 3 is 2.52 bits per heavy atom. The molecular weight excluding hydrogens is 530 g/mol. The molecule has 4 aromatic rings. The number of anilines is 1. The molecule has 1 N–H and O–H groups in total. The molecule has 0 unspecified atom stereocenters. The SMILES string of the molecule is CC1CCC(C(=O)N(c2nn(-c3ccc(-c4ccc5ccoc5c4)c(Cl)c3)cc2C(=O)O)C2CCOCC2)CC1. The van der Waals surface area contributed by atoms with Gasteiger partial charge < -0.3 is 14.3 Å². The largest absolute Gasteiger partial charge is 0.477 e. The van der Waals surface area contributed by atoms with E-state index in [4.69, 9.17) is 25.9 Å². The first-order valence-corrected chi connectivity index (χ1v) is 14.3. The summed E-state index contributed by atoms with van der Waals surface area (Å²) in [6.07, 6.45) is 8.01. The minimum Gasteiger partial charge on any atom is -0.477 e. The van der Waals surface area contributed by atoms with Crippen molar-refractivity contribution in [2.75, 3.05) is 18.1 Å². The molecule has 2 fully saturated rings. The van der Waals surface area contributed by atoms with Crippen LogP contribution in [-0.4, -0.2) is 46.0 Å². The fraction of sp³-hybridized carbons (Fsp3) is 0.387. The molecule has 3 heterocycles. The number of nitrogens with zero attached hydrogens (tertiary/aromatic N) is 3. The summed E-state index contributed by atoms with van der Waals surface area (Å²) < 4.78 is 12.6. The second-order valence-electron chi connectivity index (χ2n) is 11.0. The van der Waals surface area contributed by atoms with Crippen molar-refractivity contribution in [3.8, 4) is 16.8 Å². The fourth-order valence-electron chi connectivity index (χ4n) is 5.93. The zero-order chi connectivity index (χ0) is 27.8. The number of aromatic carboxylic acids is 1. The lowest BCUT2D eigenvalue weighted by molar-refractivity contribution is -0.124. The van der Waals surface area contributed by atoms with E-state index in [9.17, 15) is 14.7 Å². The van der Waals surface area contributed by atoms with Crippen molar-refractivity contribution in [2.45, 2.75) is 51.5 Å².